The zero-order chi connectivity index (χ0) is 23.7. The van der Waals surface area contributed by atoms with Crippen molar-refractivity contribution in [2.24, 2.45) is 0 Å². The predicted molar refractivity (Wildman–Crippen MR) is 146 cm³/mol. The van der Waals surface area contributed by atoms with Crippen molar-refractivity contribution in [3.8, 4) is 22.3 Å². The first-order valence-corrected chi connectivity index (χ1v) is 12.4. The molecule has 1 aliphatic rings. The molecule has 0 saturated carbocycles. The van der Waals surface area contributed by atoms with Crippen LogP contribution in [0.1, 0.15) is 38.8 Å². The Morgan fingerprint density at radius 2 is 0.912 bits per heavy atom. The van der Waals surface area contributed by atoms with Gasteiger partial charge in [0.1, 0.15) is 0 Å². The molecule has 0 unspecified atom stereocenters. The molecule has 0 amide bonds. The van der Waals surface area contributed by atoms with E-state index in [0.29, 0.717) is 12.1 Å². The van der Waals surface area contributed by atoms with E-state index in [1.165, 1.54) is 44.8 Å². The Kier molecular flexibility index (Phi) is 6.15. The van der Waals surface area contributed by atoms with Gasteiger partial charge in [-0.25, -0.2) is 0 Å². The first-order chi connectivity index (χ1) is 16.5. The smallest absolute Gasteiger partial charge is 0.0451 e. The number of rotatable bonds is 2. The van der Waals surface area contributed by atoms with Gasteiger partial charge in [-0.3, -0.25) is 0 Å². The monoisotopic (exact) mass is 446 g/mol. The van der Waals surface area contributed by atoms with Gasteiger partial charge in [0.2, 0.25) is 0 Å². The summed E-state index contributed by atoms with van der Waals surface area (Å²) in [6.07, 6.45) is 0. The number of anilines is 2. The molecule has 0 aromatic heterocycles. The van der Waals surface area contributed by atoms with E-state index in [0.717, 1.165) is 13.1 Å². The largest absolute Gasteiger partial charge is 0.364 e. The Labute approximate surface area is 204 Å². The van der Waals surface area contributed by atoms with Crippen LogP contribution >= 0.6 is 0 Å². The third kappa shape index (κ3) is 4.33. The van der Waals surface area contributed by atoms with Crippen molar-refractivity contribution in [1.82, 2.24) is 0 Å². The molecule has 0 aliphatic carbocycles. The molecule has 172 valence electrons. The van der Waals surface area contributed by atoms with Crippen molar-refractivity contribution in [2.45, 2.75) is 52.9 Å². The molecule has 0 fully saturated rings. The fourth-order valence-corrected chi connectivity index (χ4v) is 5.10. The van der Waals surface area contributed by atoms with Crippen LogP contribution in [0, 0.1) is 0 Å². The summed E-state index contributed by atoms with van der Waals surface area (Å²) in [5, 5.41) is 0. The summed E-state index contributed by atoms with van der Waals surface area (Å²) in [6.45, 7) is 10.9. The van der Waals surface area contributed by atoms with Crippen LogP contribution in [-0.4, -0.2) is 12.1 Å². The van der Waals surface area contributed by atoms with E-state index in [4.69, 9.17) is 0 Å². The standard InChI is InChI=1S/C32H34N2/c1-23(2)33-21-25-11-9-14-28(19-25)30-16-6-8-18-32(30)34(24(3)4)22-26-12-10-13-27(20-26)29-15-5-7-17-31(29)33/h5-20,23-24H,21-22H2,1-4H3. The summed E-state index contributed by atoms with van der Waals surface area (Å²) in [6, 6.07) is 36.7. The van der Waals surface area contributed by atoms with Gasteiger partial charge in [0.05, 0.1) is 0 Å². The second-order valence-electron chi connectivity index (χ2n) is 9.88. The Bertz CT molecular complexity index is 1190. The molecule has 2 heteroatoms. The quantitative estimate of drug-likeness (QED) is 0.306. The summed E-state index contributed by atoms with van der Waals surface area (Å²) in [5.41, 5.74) is 10.4. The second kappa shape index (κ2) is 9.38. The lowest BCUT2D eigenvalue weighted by Gasteiger charge is -2.33. The third-order valence-corrected chi connectivity index (χ3v) is 6.86. The zero-order valence-electron chi connectivity index (χ0n) is 20.7. The third-order valence-electron chi connectivity index (χ3n) is 6.86. The first kappa shape index (κ1) is 22.3. The van der Waals surface area contributed by atoms with E-state index in [1.54, 1.807) is 0 Å². The highest BCUT2D eigenvalue weighted by molar-refractivity contribution is 5.81. The predicted octanol–water partition coefficient (Wildman–Crippen LogP) is 8.16. The van der Waals surface area contributed by atoms with Crippen molar-refractivity contribution in [3.63, 3.8) is 0 Å². The molecule has 2 nitrogen and oxygen atoms in total. The Balaban J connectivity index is 1.76. The average molecular weight is 447 g/mol. The molecule has 0 spiro atoms. The van der Waals surface area contributed by atoms with Gasteiger partial charge in [-0.1, -0.05) is 72.8 Å². The molecular formula is C32H34N2. The lowest BCUT2D eigenvalue weighted by atomic mass is 9.96. The summed E-state index contributed by atoms with van der Waals surface area (Å²) in [4.78, 5) is 5.05. The van der Waals surface area contributed by atoms with Crippen LogP contribution in [0.25, 0.3) is 22.3 Å². The minimum atomic E-state index is 0.379. The molecule has 0 radical (unpaired) electrons. The Morgan fingerprint density at radius 3 is 1.32 bits per heavy atom. The van der Waals surface area contributed by atoms with E-state index in [2.05, 4.69) is 135 Å². The van der Waals surface area contributed by atoms with E-state index >= 15 is 0 Å². The summed E-state index contributed by atoms with van der Waals surface area (Å²) in [7, 11) is 0. The topological polar surface area (TPSA) is 6.48 Å². The van der Waals surface area contributed by atoms with Gasteiger partial charge in [0.15, 0.2) is 0 Å². The Morgan fingerprint density at radius 1 is 0.500 bits per heavy atom. The van der Waals surface area contributed by atoms with Gasteiger partial charge >= 0.3 is 0 Å². The molecule has 0 saturated heterocycles. The average Bonchev–Trinajstić information content (AvgIpc) is 2.85. The number of fused-ring (bicyclic) bond motifs is 8. The van der Waals surface area contributed by atoms with Gasteiger partial charge in [-0.2, -0.15) is 0 Å². The van der Waals surface area contributed by atoms with Crippen molar-refractivity contribution < 1.29 is 0 Å². The summed E-state index contributed by atoms with van der Waals surface area (Å²) >= 11 is 0. The number of hydrogen-bond acceptors (Lipinski definition) is 2. The van der Waals surface area contributed by atoms with Crippen LogP contribution in [0.15, 0.2) is 97.1 Å². The van der Waals surface area contributed by atoms with E-state index < -0.39 is 0 Å². The van der Waals surface area contributed by atoms with Gasteiger partial charge in [0.25, 0.3) is 0 Å². The lowest BCUT2D eigenvalue weighted by Crippen LogP contribution is -2.31. The Hall–Kier alpha value is -3.52. The molecule has 1 aliphatic heterocycles. The molecule has 1 heterocycles. The van der Waals surface area contributed by atoms with Crippen LogP contribution in [-0.2, 0) is 13.1 Å². The van der Waals surface area contributed by atoms with Crippen molar-refractivity contribution >= 4 is 11.4 Å². The molecule has 0 N–H and O–H groups in total. The van der Waals surface area contributed by atoms with Gasteiger partial charge in [-0.15, -0.1) is 0 Å². The van der Waals surface area contributed by atoms with Crippen LogP contribution in [0.4, 0.5) is 11.4 Å². The van der Waals surface area contributed by atoms with Crippen molar-refractivity contribution in [3.05, 3.63) is 108 Å². The molecule has 4 aromatic rings. The van der Waals surface area contributed by atoms with E-state index in [-0.39, 0.29) is 0 Å². The molecule has 0 atom stereocenters. The molecule has 4 aromatic carbocycles. The van der Waals surface area contributed by atoms with Gasteiger partial charge in [-0.05, 0) is 74.2 Å². The zero-order valence-corrected chi connectivity index (χ0v) is 20.7. The number of para-hydroxylation sites is 2. The minimum Gasteiger partial charge on any atom is -0.364 e. The fourth-order valence-electron chi connectivity index (χ4n) is 5.10. The van der Waals surface area contributed by atoms with Crippen molar-refractivity contribution in [1.29, 1.82) is 0 Å². The maximum absolute atomic E-state index is 2.53. The maximum Gasteiger partial charge on any atom is 0.0451 e. The van der Waals surface area contributed by atoms with Crippen LogP contribution < -0.4 is 9.80 Å². The number of nitrogens with zero attached hydrogens (tertiary/aromatic N) is 2. The highest BCUT2D eigenvalue weighted by Crippen LogP contribution is 2.37. The van der Waals surface area contributed by atoms with Crippen LogP contribution in [0.5, 0.6) is 0 Å². The number of hydrogen-bond donors (Lipinski definition) is 0. The molecule has 5 rings (SSSR count). The molecule has 34 heavy (non-hydrogen) atoms. The van der Waals surface area contributed by atoms with Gasteiger partial charge in [0, 0.05) is 47.7 Å². The first-order valence-electron chi connectivity index (χ1n) is 12.4. The minimum absolute atomic E-state index is 0.379. The summed E-state index contributed by atoms with van der Waals surface area (Å²) < 4.78 is 0. The molecular weight excluding hydrogens is 412 g/mol. The normalized spacial score (nSPS) is 13.5. The lowest BCUT2D eigenvalue weighted by molar-refractivity contribution is 0.681. The second-order valence-corrected chi connectivity index (χ2v) is 9.88. The summed E-state index contributed by atoms with van der Waals surface area (Å²) in [5.74, 6) is 0. The fraction of sp³-hybridized carbons (Fsp3) is 0.250. The van der Waals surface area contributed by atoms with E-state index in [9.17, 15) is 0 Å². The molecule has 4 bridgehead atoms. The van der Waals surface area contributed by atoms with Gasteiger partial charge < -0.3 is 9.80 Å². The SMILES string of the molecule is CC(C)N1Cc2cccc(c2)-c2ccccc2N(C(C)C)Cc2cccc(c2)-c2ccccc21. The van der Waals surface area contributed by atoms with E-state index in [1.807, 2.05) is 0 Å². The van der Waals surface area contributed by atoms with Crippen LogP contribution in [0.2, 0.25) is 0 Å². The maximum atomic E-state index is 2.53. The highest BCUT2D eigenvalue weighted by Gasteiger charge is 2.20. The highest BCUT2D eigenvalue weighted by atomic mass is 15.2. The number of benzene rings is 4. The van der Waals surface area contributed by atoms with Crippen LogP contribution in [0.3, 0.4) is 0 Å². The van der Waals surface area contributed by atoms with Crippen molar-refractivity contribution in [2.75, 3.05) is 9.80 Å².